The van der Waals surface area contributed by atoms with E-state index >= 15 is 0 Å². The highest BCUT2D eigenvalue weighted by Gasteiger charge is 2.04. The molecule has 3 heteroatoms. The van der Waals surface area contributed by atoms with Crippen LogP contribution in [0.4, 0.5) is 0 Å². The Balaban J connectivity index is 2.34. The Morgan fingerprint density at radius 3 is 2.71 bits per heavy atom. The van der Waals surface area contributed by atoms with Crippen molar-refractivity contribution < 1.29 is 0 Å². The van der Waals surface area contributed by atoms with Gasteiger partial charge in [0.25, 0.3) is 0 Å². The number of halogens is 1. The van der Waals surface area contributed by atoms with Crippen molar-refractivity contribution in [2.24, 2.45) is 0 Å². The third kappa shape index (κ3) is 3.12. The molecule has 0 aliphatic carbocycles. The van der Waals surface area contributed by atoms with Gasteiger partial charge in [-0.1, -0.05) is 39.8 Å². The molecule has 2 aromatic rings. The molecule has 0 aliphatic heterocycles. The van der Waals surface area contributed by atoms with E-state index in [4.69, 9.17) is 5.26 Å². The Morgan fingerprint density at radius 1 is 1.18 bits per heavy atom. The van der Waals surface area contributed by atoms with E-state index in [1.165, 1.54) is 0 Å². The van der Waals surface area contributed by atoms with E-state index in [1.807, 2.05) is 49.4 Å². The van der Waals surface area contributed by atoms with E-state index in [-0.39, 0.29) is 0 Å². The molecular weight excluding hydrogens is 294 g/mol. The Morgan fingerprint density at radius 2 is 2.00 bits per heavy atom. The molecule has 1 nitrogen and oxygen atoms in total. The first kappa shape index (κ1) is 12.2. The standard InChI is InChI=1S/C14H10BrNS/c1-10-5-6-14(11(7-10)9-16)17-13-4-2-3-12(15)8-13/h2-8H,1H3. The summed E-state index contributed by atoms with van der Waals surface area (Å²) in [6.07, 6.45) is 0. The summed E-state index contributed by atoms with van der Waals surface area (Å²) in [5.74, 6) is 0. The molecule has 0 saturated heterocycles. The van der Waals surface area contributed by atoms with Crippen LogP contribution in [-0.2, 0) is 0 Å². The molecule has 0 fully saturated rings. The fourth-order valence-corrected chi connectivity index (χ4v) is 2.97. The summed E-state index contributed by atoms with van der Waals surface area (Å²) in [6.45, 7) is 1.99. The third-order valence-electron chi connectivity index (χ3n) is 2.28. The van der Waals surface area contributed by atoms with Gasteiger partial charge in [0.05, 0.1) is 5.56 Å². The van der Waals surface area contributed by atoms with Crippen LogP contribution in [0.2, 0.25) is 0 Å². The summed E-state index contributed by atoms with van der Waals surface area (Å²) < 4.78 is 1.05. The van der Waals surface area contributed by atoms with Crippen LogP contribution >= 0.6 is 27.7 Å². The van der Waals surface area contributed by atoms with Crippen LogP contribution in [0.25, 0.3) is 0 Å². The van der Waals surface area contributed by atoms with Gasteiger partial charge in [-0.15, -0.1) is 0 Å². The lowest BCUT2D eigenvalue weighted by Crippen LogP contribution is -1.83. The van der Waals surface area contributed by atoms with Crippen LogP contribution in [-0.4, -0.2) is 0 Å². The van der Waals surface area contributed by atoms with E-state index in [0.29, 0.717) is 0 Å². The summed E-state index contributed by atoms with van der Waals surface area (Å²) in [7, 11) is 0. The van der Waals surface area contributed by atoms with Crippen molar-refractivity contribution in [1.29, 1.82) is 5.26 Å². The fourth-order valence-electron chi connectivity index (χ4n) is 1.48. The lowest BCUT2D eigenvalue weighted by Gasteiger charge is -2.05. The highest BCUT2D eigenvalue weighted by molar-refractivity contribution is 9.10. The SMILES string of the molecule is Cc1ccc(Sc2cccc(Br)c2)c(C#N)c1. The molecule has 0 bridgehead atoms. The minimum atomic E-state index is 0.731. The van der Waals surface area contributed by atoms with Crippen LogP contribution in [0.5, 0.6) is 0 Å². The van der Waals surface area contributed by atoms with E-state index in [2.05, 4.69) is 22.0 Å². The average Bonchev–Trinajstić information content (AvgIpc) is 2.31. The topological polar surface area (TPSA) is 23.8 Å². The smallest absolute Gasteiger partial charge is 0.100 e. The Labute approximate surface area is 114 Å². The van der Waals surface area contributed by atoms with Gasteiger partial charge in [0.2, 0.25) is 0 Å². The lowest BCUT2D eigenvalue weighted by molar-refractivity contribution is 1.31. The zero-order chi connectivity index (χ0) is 12.3. The van der Waals surface area contributed by atoms with Crippen molar-refractivity contribution in [2.45, 2.75) is 16.7 Å². The number of benzene rings is 2. The lowest BCUT2D eigenvalue weighted by atomic mass is 10.2. The summed E-state index contributed by atoms with van der Waals surface area (Å²) >= 11 is 5.05. The molecule has 0 saturated carbocycles. The number of nitriles is 1. The van der Waals surface area contributed by atoms with Gasteiger partial charge < -0.3 is 0 Å². The second-order valence-electron chi connectivity index (χ2n) is 3.67. The predicted octanol–water partition coefficient (Wildman–Crippen LogP) is 4.78. The normalized spacial score (nSPS) is 9.94. The average molecular weight is 304 g/mol. The third-order valence-corrected chi connectivity index (χ3v) is 3.84. The molecule has 0 aromatic heterocycles. The van der Waals surface area contributed by atoms with Crippen molar-refractivity contribution in [1.82, 2.24) is 0 Å². The van der Waals surface area contributed by atoms with E-state index in [0.717, 1.165) is 25.4 Å². The van der Waals surface area contributed by atoms with Crippen molar-refractivity contribution in [3.05, 3.63) is 58.1 Å². The van der Waals surface area contributed by atoms with Crippen LogP contribution < -0.4 is 0 Å². The molecule has 0 heterocycles. The molecule has 2 rings (SSSR count). The number of rotatable bonds is 2. The van der Waals surface area contributed by atoms with Crippen LogP contribution in [0, 0.1) is 18.3 Å². The van der Waals surface area contributed by atoms with Crippen molar-refractivity contribution in [2.75, 3.05) is 0 Å². The highest BCUT2D eigenvalue weighted by Crippen LogP contribution is 2.32. The summed E-state index contributed by atoms with van der Waals surface area (Å²) in [6, 6.07) is 16.3. The molecule has 17 heavy (non-hydrogen) atoms. The molecule has 0 amide bonds. The Bertz CT molecular complexity index is 587. The first-order chi connectivity index (χ1) is 8.19. The molecule has 2 aromatic carbocycles. The maximum atomic E-state index is 9.10. The van der Waals surface area contributed by atoms with Gasteiger partial charge in [-0.05, 0) is 42.8 Å². The monoisotopic (exact) mass is 303 g/mol. The van der Waals surface area contributed by atoms with Gasteiger partial charge in [0.1, 0.15) is 6.07 Å². The molecule has 84 valence electrons. The largest absolute Gasteiger partial charge is 0.192 e. The maximum Gasteiger partial charge on any atom is 0.100 e. The van der Waals surface area contributed by atoms with Crippen molar-refractivity contribution >= 4 is 27.7 Å². The molecule has 0 N–H and O–H groups in total. The fraction of sp³-hybridized carbons (Fsp3) is 0.0714. The molecule has 0 spiro atoms. The Hall–Kier alpha value is -1.24. The van der Waals surface area contributed by atoms with E-state index in [1.54, 1.807) is 11.8 Å². The van der Waals surface area contributed by atoms with Crippen molar-refractivity contribution in [3.8, 4) is 6.07 Å². The second-order valence-corrected chi connectivity index (χ2v) is 5.70. The number of nitrogens with zero attached hydrogens (tertiary/aromatic N) is 1. The minimum absolute atomic E-state index is 0.731. The van der Waals surface area contributed by atoms with Gasteiger partial charge in [-0.2, -0.15) is 5.26 Å². The summed E-state index contributed by atoms with van der Waals surface area (Å²) in [5, 5.41) is 9.10. The van der Waals surface area contributed by atoms with Gasteiger partial charge in [-0.25, -0.2) is 0 Å². The highest BCUT2D eigenvalue weighted by atomic mass is 79.9. The first-order valence-electron chi connectivity index (χ1n) is 5.13. The number of hydrogen-bond acceptors (Lipinski definition) is 2. The number of hydrogen-bond donors (Lipinski definition) is 0. The summed E-state index contributed by atoms with van der Waals surface area (Å²) in [4.78, 5) is 2.12. The van der Waals surface area contributed by atoms with Gasteiger partial charge in [0.15, 0.2) is 0 Å². The van der Waals surface area contributed by atoms with Gasteiger partial charge >= 0.3 is 0 Å². The quantitative estimate of drug-likeness (QED) is 0.797. The zero-order valence-electron chi connectivity index (χ0n) is 9.27. The molecule has 0 unspecified atom stereocenters. The molecular formula is C14H10BrNS. The maximum absolute atomic E-state index is 9.10. The van der Waals surface area contributed by atoms with Crippen LogP contribution in [0.15, 0.2) is 56.7 Å². The number of aryl methyl sites for hydroxylation is 1. The molecule has 0 radical (unpaired) electrons. The van der Waals surface area contributed by atoms with Crippen LogP contribution in [0.1, 0.15) is 11.1 Å². The minimum Gasteiger partial charge on any atom is -0.192 e. The van der Waals surface area contributed by atoms with E-state index in [9.17, 15) is 0 Å². The molecule has 0 atom stereocenters. The second kappa shape index (κ2) is 5.39. The first-order valence-corrected chi connectivity index (χ1v) is 6.74. The van der Waals surface area contributed by atoms with Gasteiger partial charge in [0, 0.05) is 14.3 Å². The Kier molecular flexibility index (Phi) is 3.88. The van der Waals surface area contributed by atoms with E-state index < -0.39 is 0 Å². The van der Waals surface area contributed by atoms with Crippen molar-refractivity contribution in [3.63, 3.8) is 0 Å². The zero-order valence-corrected chi connectivity index (χ0v) is 11.7. The molecule has 0 aliphatic rings. The van der Waals surface area contributed by atoms with Crippen LogP contribution in [0.3, 0.4) is 0 Å². The predicted molar refractivity (Wildman–Crippen MR) is 74.2 cm³/mol. The van der Waals surface area contributed by atoms with Gasteiger partial charge in [-0.3, -0.25) is 0 Å². The summed E-state index contributed by atoms with van der Waals surface area (Å²) in [5.41, 5.74) is 1.84.